The van der Waals surface area contributed by atoms with Gasteiger partial charge < -0.3 is 5.32 Å². The molecule has 19 heavy (non-hydrogen) atoms. The lowest BCUT2D eigenvalue weighted by Crippen LogP contribution is -2.37. The Balaban J connectivity index is 2.04. The van der Waals surface area contributed by atoms with Gasteiger partial charge in [0.15, 0.2) is 0 Å². The molecule has 3 atom stereocenters. The fraction of sp³-hybridized carbons (Fsp3) is 0.625. The molecule has 0 bridgehead atoms. The highest BCUT2D eigenvalue weighted by Gasteiger charge is 2.25. The van der Waals surface area contributed by atoms with Crippen molar-refractivity contribution in [2.75, 3.05) is 0 Å². The van der Waals surface area contributed by atoms with Crippen LogP contribution in [0.25, 0.3) is 0 Å². The fourth-order valence-corrected chi connectivity index (χ4v) is 3.83. The second-order valence-electron chi connectivity index (χ2n) is 6.17. The number of hydrogen-bond acceptors (Lipinski definition) is 1. The lowest BCUT2D eigenvalue weighted by Gasteiger charge is -2.34. The Morgan fingerprint density at radius 3 is 2.37 bits per heavy atom. The van der Waals surface area contributed by atoms with Gasteiger partial charge in [-0.3, -0.25) is 0 Å². The molecule has 0 heterocycles. The van der Waals surface area contributed by atoms with Crippen molar-refractivity contribution in [3.63, 3.8) is 0 Å². The largest absolute Gasteiger partial charge is 0.307 e. The minimum Gasteiger partial charge on any atom is -0.307 e. The van der Waals surface area contributed by atoms with E-state index in [1.54, 1.807) is 0 Å². The van der Waals surface area contributed by atoms with E-state index in [4.69, 9.17) is 23.2 Å². The van der Waals surface area contributed by atoms with Crippen LogP contribution in [0.1, 0.15) is 51.6 Å². The van der Waals surface area contributed by atoms with E-state index in [1.807, 2.05) is 18.2 Å². The van der Waals surface area contributed by atoms with Crippen LogP contribution in [0.15, 0.2) is 18.2 Å². The molecule has 1 nitrogen and oxygen atoms in total. The topological polar surface area (TPSA) is 12.0 Å². The van der Waals surface area contributed by atoms with E-state index in [-0.39, 0.29) is 6.04 Å². The van der Waals surface area contributed by atoms with Gasteiger partial charge in [0.25, 0.3) is 0 Å². The molecule has 0 amide bonds. The lowest BCUT2D eigenvalue weighted by atomic mass is 9.80. The van der Waals surface area contributed by atoms with Crippen molar-refractivity contribution >= 4 is 23.2 Å². The summed E-state index contributed by atoms with van der Waals surface area (Å²) in [7, 11) is 0. The Morgan fingerprint density at radius 1 is 1.11 bits per heavy atom. The maximum atomic E-state index is 6.27. The molecular weight excluding hydrogens is 277 g/mol. The molecule has 1 fully saturated rings. The Labute approximate surface area is 126 Å². The summed E-state index contributed by atoms with van der Waals surface area (Å²) in [6, 6.07) is 6.52. The molecule has 106 valence electrons. The first-order valence-corrected chi connectivity index (χ1v) is 7.92. The molecule has 1 aliphatic carbocycles. The quantitative estimate of drug-likeness (QED) is 0.780. The van der Waals surface area contributed by atoms with Crippen LogP contribution in [0.3, 0.4) is 0 Å². The van der Waals surface area contributed by atoms with Crippen LogP contribution in [-0.4, -0.2) is 6.04 Å². The molecule has 1 aromatic carbocycles. The van der Waals surface area contributed by atoms with Gasteiger partial charge in [-0.15, -0.1) is 0 Å². The van der Waals surface area contributed by atoms with Crippen LogP contribution in [-0.2, 0) is 0 Å². The number of benzene rings is 1. The van der Waals surface area contributed by atoms with Gasteiger partial charge in [0.1, 0.15) is 0 Å². The van der Waals surface area contributed by atoms with Gasteiger partial charge in [0, 0.05) is 22.1 Å². The molecule has 1 aliphatic rings. The zero-order valence-corrected chi connectivity index (χ0v) is 13.4. The Morgan fingerprint density at radius 2 is 1.74 bits per heavy atom. The monoisotopic (exact) mass is 299 g/mol. The van der Waals surface area contributed by atoms with E-state index in [1.165, 1.54) is 19.3 Å². The van der Waals surface area contributed by atoms with Gasteiger partial charge in [-0.2, -0.15) is 0 Å². The number of rotatable bonds is 3. The molecule has 3 heteroatoms. The third kappa shape index (κ3) is 4.11. The molecule has 3 unspecified atom stereocenters. The molecule has 0 spiro atoms. The molecule has 1 aromatic rings. The first-order valence-electron chi connectivity index (χ1n) is 7.16. The summed E-state index contributed by atoms with van der Waals surface area (Å²) >= 11 is 12.3. The Bertz CT molecular complexity index is 423. The van der Waals surface area contributed by atoms with E-state index in [2.05, 4.69) is 26.1 Å². The molecular formula is C16H23Cl2N. The minimum absolute atomic E-state index is 0.244. The summed E-state index contributed by atoms with van der Waals surface area (Å²) in [4.78, 5) is 0. The zero-order valence-electron chi connectivity index (χ0n) is 11.9. The van der Waals surface area contributed by atoms with Crippen LogP contribution < -0.4 is 5.32 Å². The summed E-state index contributed by atoms with van der Waals surface area (Å²) in [5.41, 5.74) is 1.10. The van der Waals surface area contributed by atoms with Crippen molar-refractivity contribution in [3.8, 4) is 0 Å². The highest BCUT2D eigenvalue weighted by Crippen LogP contribution is 2.31. The predicted molar refractivity (Wildman–Crippen MR) is 84.0 cm³/mol. The fourth-order valence-electron chi connectivity index (χ4n) is 3.37. The van der Waals surface area contributed by atoms with Gasteiger partial charge in [-0.1, -0.05) is 37.0 Å². The highest BCUT2D eigenvalue weighted by molar-refractivity contribution is 6.33. The number of nitrogens with one attached hydrogen (secondary N) is 1. The second kappa shape index (κ2) is 6.47. The van der Waals surface area contributed by atoms with Gasteiger partial charge in [0.05, 0.1) is 0 Å². The molecule has 0 saturated heterocycles. The van der Waals surface area contributed by atoms with Crippen LogP contribution >= 0.6 is 23.2 Å². The van der Waals surface area contributed by atoms with Crippen LogP contribution in [0.4, 0.5) is 0 Å². The van der Waals surface area contributed by atoms with Crippen molar-refractivity contribution in [2.24, 2.45) is 11.8 Å². The molecule has 1 saturated carbocycles. The highest BCUT2D eigenvalue weighted by atomic mass is 35.5. The van der Waals surface area contributed by atoms with Gasteiger partial charge >= 0.3 is 0 Å². The van der Waals surface area contributed by atoms with Crippen molar-refractivity contribution in [3.05, 3.63) is 33.8 Å². The Hall–Kier alpha value is -0.240. The molecule has 2 rings (SSSR count). The summed E-state index contributed by atoms with van der Waals surface area (Å²) in [6.45, 7) is 6.87. The van der Waals surface area contributed by atoms with E-state index >= 15 is 0 Å². The average Bonchev–Trinajstić information content (AvgIpc) is 2.30. The maximum absolute atomic E-state index is 6.27. The van der Waals surface area contributed by atoms with E-state index in [0.29, 0.717) is 6.04 Å². The predicted octanol–water partition coefficient (Wildman–Crippen LogP) is 5.47. The van der Waals surface area contributed by atoms with Crippen molar-refractivity contribution in [2.45, 2.75) is 52.1 Å². The van der Waals surface area contributed by atoms with E-state index < -0.39 is 0 Å². The standard InChI is InChI=1S/C16H23Cl2N/c1-10-6-11(2)8-14(7-10)19-12(3)15-9-13(17)4-5-16(15)18/h4-5,9-12,14,19H,6-8H2,1-3H3. The molecule has 1 N–H and O–H groups in total. The average molecular weight is 300 g/mol. The van der Waals surface area contributed by atoms with Gasteiger partial charge in [-0.05, 0) is 61.8 Å². The first kappa shape index (κ1) is 15.2. The molecule has 0 aliphatic heterocycles. The van der Waals surface area contributed by atoms with Crippen LogP contribution in [0, 0.1) is 11.8 Å². The summed E-state index contributed by atoms with van der Waals surface area (Å²) in [6.07, 6.45) is 3.87. The number of halogens is 2. The maximum Gasteiger partial charge on any atom is 0.0454 e. The second-order valence-corrected chi connectivity index (χ2v) is 7.01. The first-order chi connectivity index (χ1) is 8.95. The van der Waals surface area contributed by atoms with Gasteiger partial charge in [0.2, 0.25) is 0 Å². The van der Waals surface area contributed by atoms with Crippen molar-refractivity contribution in [1.29, 1.82) is 0 Å². The van der Waals surface area contributed by atoms with Crippen LogP contribution in [0.2, 0.25) is 10.0 Å². The lowest BCUT2D eigenvalue weighted by molar-refractivity contribution is 0.228. The SMILES string of the molecule is CC1CC(C)CC(NC(C)c2cc(Cl)ccc2Cl)C1. The third-order valence-corrected chi connectivity index (χ3v) is 4.67. The smallest absolute Gasteiger partial charge is 0.0454 e. The van der Waals surface area contributed by atoms with E-state index in [0.717, 1.165) is 27.4 Å². The van der Waals surface area contributed by atoms with E-state index in [9.17, 15) is 0 Å². The third-order valence-electron chi connectivity index (χ3n) is 4.09. The normalized spacial score (nSPS) is 29.2. The number of hydrogen-bond donors (Lipinski definition) is 1. The van der Waals surface area contributed by atoms with Gasteiger partial charge in [-0.25, -0.2) is 0 Å². The zero-order chi connectivity index (χ0) is 14.0. The summed E-state index contributed by atoms with van der Waals surface area (Å²) < 4.78 is 0. The molecule has 0 aromatic heterocycles. The van der Waals surface area contributed by atoms with Crippen LogP contribution in [0.5, 0.6) is 0 Å². The summed E-state index contributed by atoms with van der Waals surface area (Å²) in [5.74, 6) is 1.62. The summed E-state index contributed by atoms with van der Waals surface area (Å²) in [5, 5.41) is 5.26. The molecule has 0 radical (unpaired) electrons. The van der Waals surface area contributed by atoms with Crippen molar-refractivity contribution < 1.29 is 0 Å². The minimum atomic E-state index is 0.244. The van der Waals surface area contributed by atoms with Crippen molar-refractivity contribution in [1.82, 2.24) is 5.32 Å². The Kier molecular flexibility index (Phi) is 5.16.